The molecule has 0 atom stereocenters. The molecule has 0 radical (unpaired) electrons. The van der Waals surface area contributed by atoms with Gasteiger partial charge in [0.2, 0.25) is 0 Å². The van der Waals surface area contributed by atoms with Gasteiger partial charge in [-0.05, 0) is 70.4 Å². The number of pyridine rings is 1. The van der Waals surface area contributed by atoms with Crippen LogP contribution in [0.1, 0.15) is 22.7 Å². The monoisotopic (exact) mass is 403 g/mol. The third kappa shape index (κ3) is 4.23. The Kier molecular flexibility index (Phi) is 5.58. The van der Waals surface area contributed by atoms with Crippen molar-refractivity contribution in [2.75, 3.05) is 26.0 Å². The van der Waals surface area contributed by atoms with Crippen molar-refractivity contribution in [3.8, 4) is 11.3 Å². The van der Waals surface area contributed by atoms with Gasteiger partial charge in [-0.15, -0.1) is 0 Å². The molecule has 8 heteroatoms. The first kappa shape index (κ1) is 19.8. The maximum absolute atomic E-state index is 12.6. The van der Waals surface area contributed by atoms with E-state index in [1.807, 2.05) is 37.3 Å². The Labute approximate surface area is 175 Å². The maximum atomic E-state index is 12.6. The Bertz CT molecular complexity index is 1160. The van der Waals surface area contributed by atoms with Crippen LogP contribution in [0, 0.1) is 6.92 Å². The molecule has 4 aromatic rings. The highest BCUT2D eigenvalue weighted by molar-refractivity contribution is 6.04. The van der Waals surface area contributed by atoms with Crippen LogP contribution in [0.15, 0.2) is 48.8 Å². The van der Waals surface area contributed by atoms with Gasteiger partial charge in [-0.3, -0.25) is 14.9 Å². The molecule has 4 rings (SSSR count). The molecule has 3 aromatic heterocycles. The summed E-state index contributed by atoms with van der Waals surface area (Å²) in [6.45, 7) is 3.95. The van der Waals surface area contributed by atoms with Gasteiger partial charge in [0.15, 0.2) is 0 Å². The van der Waals surface area contributed by atoms with Gasteiger partial charge < -0.3 is 14.8 Å². The van der Waals surface area contributed by atoms with E-state index in [1.54, 1.807) is 18.5 Å². The van der Waals surface area contributed by atoms with Gasteiger partial charge in [-0.1, -0.05) is 0 Å². The number of aromatic nitrogens is 5. The largest absolute Gasteiger partial charge is 0.328 e. The molecule has 2 N–H and O–H groups in total. The van der Waals surface area contributed by atoms with E-state index in [-0.39, 0.29) is 5.91 Å². The summed E-state index contributed by atoms with van der Waals surface area (Å²) >= 11 is 0. The second-order valence-corrected chi connectivity index (χ2v) is 7.53. The zero-order valence-electron chi connectivity index (χ0n) is 17.4. The van der Waals surface area contributed by atoms with E-state index in [9.17, 15) is 4.79 Å². The molecule has 0 aliphatic rings. The second kappa shape index (κ2) is 8.46. The summed E-state index contributed by atoms with van der Waals surface area (Å²) in [5, 5.41) is 9.92. The van der Waals surface area contributed by atoms with Crippen molar-refractivity contribution in [1.82, 2.24) is 29.6 Å². The van der Waals surface area contributed by atoms with Gasteiger partial charge >= 0.3 is 0 Å². The highest BCUT2D eigenvalue weighted by atomic mass is 16.1. The van der Waals surface area contributed by atoms with Crippen LogP contribution < -0.4 is 5.32 Å². The molecule has 0 aliphatic heterocycles. The number of hydrogen-bond donors (Lipinski definition) is 2. The summed E-state index contributed by atoms with van der Waals surface area (Å²) in [5.74, 6) is 0.723. The highest BCUT2D eigenvalue weighted by Gasteiger charge is 2.13. The summed E-state index contributed by atoms with van der Waals surface area (Å²) in [7, 11) is 4.15. The fourth-order valence-corrected chi connectivity index (χ4v) is 3.45. The van der Waals surface area contributed by atoms with E-state index >= 15 is 0 Å². The molecule has 30 heavy (non-hydrogen) atoms. The fraction of sp³-hybridized carbons (Fsp3) is 0.273. The second-order valence-electron chi connectivity index (χ2n) is 7.53. The molecular formula is C22H25N7O. The van der Waals surface area contributed by atoms with Crippen molar-refractivity contribution < 1.29 is 4.79 Å². The molecule has 1 amide bonds. The zero-order valence-corrected chi connectivity index (χ0v) is 17.4. The number of benzene rings is 1. The minimum absolute atomic E-state index is 0.251. The van der Waals surface area contributed by atoms with Gasteiger partial charge in [0.05, 0.1) is 16.7 Å². The van der Waals surface area contributed by atoms with Crippen molar-refractivity contribution in [2.45, 2.75) is 19.9 Å². The minimum atomic E-state index is -0.251. The molecule has 8 nitrogen and oxygen atoms in total. The quantitative estimate of drug-likeness (QED) is 0.494. The first-order chi connectivity index (χ1) is 14.5. The van der Waals surface area contributed by atoms with Crippen LogP contribution in [0.25, 0.3) is 22.3 Å². The average molecular weight is 403 g/mol. The molecule has 0 unspecified atom stereocenters. The molecule has 3 heterocycles. The number of carbonyl (C=O) groups is 1. The number of carbonyl (C=O) groups excluding carboxylic acids is 1. The standard InChI is InChI=1S/C22H25N7O/c1-15-24-19-12-17(7-8-21(19)29(15)11-5-10-28(2)3)25-22(30)20-13-18(26-27-20)16-6-4-9-23-14-16/h4,6-9,12-14H,5,10-11H2,1-3H3,(H,25,30)(H,26,27). The first-order valence-corrected chi connectivity index (χ1v) is 9.90. The third-order valence-corrected chi connectivity index (χ3v) is 4.96. The molecule has 0 fully saturated rings. The van der Waals surface area contributed by atoms with E-state index < -0.39 is 0 Å². The lowest BCUT2D eigenvalue weighted by molar-refractivity contribution is 0.102. The minimum Gasteiger partial charge on any atom is -0.328 e. The number of H-pyrrole nitrogens is 1. The van der Waals surface area contributed by atoms with Crippen LogP contribution in [0.3, 0.4) is 0 Å². The number of imidazole rings is 1. The Morgan fingerprint density at radius 2 is 2.10 bits per heavy atom. The van der Waals surface area contributed by atoms with E-state index in [2.05, 4.69) is 49.0 Å². The topological polar surface area (TPSA) is 91.7 Å². The predicted octanol–water partition coefficient (Wildman–Crippen LogP) is 3.33. The lowest BCUT2D eigenvalue weighted by Gasteiger charge is -2.11. The maximum Gasteiger partial charge on any atom is 0.273 e. The van der Waals surface area contributed by atoms with Crippen molar-refractivity contribution in [1.29, 1.82) is 0 Å². The molecule has 0 aliphatic carbocycles. The van der Waals surface area contributed by atoms with Crippen LogP contribution in [0.2, 0.25) is 0 Å². The molecule has 0 spiro atoms. The van der Waals surface area contributed by atoms with Crippen molar-refractivity contribution in [2.24, 2.45) is 0 Å². The number of fused-ring (bicyclic) bond motifs is 1. The Morgan fingerprint density at radius 1 is 1.23 bits per heavy atom. The lowest BCUT2D eigenvalue weighted by atomic mass is 10.2. The van der Waals surface area contributed by atoms with E-state index in [1.165, 1.54) is 0 Å². The first-order valence-electron chi connectivity index (χ1n) is 9.90. The smallest absolute Gasteiger partial charge is 0.273 e. The number of rotatable bonds is 7. The van der Waals surface area contributed by atoms with Crippen molar-refractivity contribution in [3.63, 3.8) is 0 Å². The average Bonchev–Trinajstić information content (AvgIpc) is 3.33. The van der Waals surface area contributed by atoms with Crippen LogP contribution in [0.5, 0.6) is 0 Å². The third-order valence-electron chi connectivity index (χ3n) is 4.96. The summed E-state index contributed by atoms with van der Waals surface area (Å²) < 4.78 is 2.22. The van der Waals surface area contributed by atoms with Crippen LogP contribution in [-0.2, 0) is 6.54 Å². The molecule has 0 bridgehead atoms. The van der Waals surface area contributed by atoms with E-state index in [4.69, 9.17) is 0 Å². The predicted molar refractivity (Wildman–Crippen MR) is 117 cm³/mol. The SMILES string of the molecule is Cc1nc2cc(NC(=O)c3cc(-c4cccnc4)n[nH]3)ccc2n1CCCN(C)C. The molecule has 0 saturated carbocycles. The van der Waals surface area contributed by atoms with Gasteiger partial charge in [-0.25, -0.2) is 4.98 Å². The van der Waals surface area contributed by atoms with Crippen LogP contribution in [0.4, 0.5) is 5.69 Å². The molecular weight excluding hydrogens is 378 g/mol. The lowest BCUT2D eigenvalue weighted by Crippen LogP contribution is -2.15. The zero-order chi connectivity index (χ0) is 21.1. The van der Waals surface area contributed by atoms with E-state index in [0.29, 0.717) is 17.1 Å². The number of nitrogens with one attached hydrogen (secondary N) is 2. The normalized spacial score (nSPS) is 11.3. The highest BCUT2D eigenvalue weighted by Crippen LogP contribution is 2.22. The molecule has 1 aromatic carbocycles. The molecule has 0 saturated heterocycles. The Hall–Kier alpha value is -3.52. The number of anilines is 1. The van der Waals surface area contributed by atoms with Crippen molar-refractivity contribution >= 4 is 22.6 Å². The summed E-state index contributed by atoms with van der Waals surface area (Å²) in [5.41, 5.74) is 4.56. The number of amides is 1. The number of aromatic amines is 1. The van der Waals surface area contributed by atoms with Gasteiger partial charge in [0.1, 0.15) is 11.5 Å². The van der Waals surface area contributed by atoms with Gasteiger partial charge in [0.25, 0.3) is 5.91 Å². The molecule has 154 valence electrons. The number of hydrogen-bond acceptors (Lipinski definition) is 5. The Morgan fingerprint density at radius 3 is 2.87 bits per heavy atom. The van der Waals surface area contributed by atoms with Gasteiger partial charge in [0, 0.05) is 30.2 Å². The van der Waals surface area contributed by atoms with E-state index in [0.717, 1.165) is 41.9 Å². The summed E-state index contributed by atoms with van der Waals surface area (Å²) in [6.07, 6.45) is 4.46. The number of nitrogens with zero attached hydrogens (tertiary/aromatic N) is 5. The fourth-order valence-electron chi connectivity index (χ4n) is 3.45. The summed E-state index contributed by atoms with van der Waals surface area (Å²) in [6, 6.07) is 11.3. The van der Waals surface area contributed by atoms with Gasteiger partial charge in [-0.2, -0.15) is 5.10 Å². The van der Waals surface area contributed by atoms with Crippen molar-refractivity contribution in [3.05, 3.63) is 60.3 Å². The van der Waals surface area contributed by atoms with Crippen LogP contribution >= 0.6 is 0 Å². The van der Waals surface area contributed by atoms with Crippen LogP contribution in [-0.4, -0.2) is 56.2 Å². The Balaban J connectivity index is 1.49. The number of aryl methyl sites for hydroxylation is 2. The summed E-state index contributed by atoms with van der Waals surface area (Å²) in [4.78, 5) is 23.6.